The van der Waals surface area contributed by atoms with E-state index in [1.165, 1.54) is 5.56 Å². The molecule has 0 aliphatic rings. The average molecular weight is 409 g/mol. The standard InChI is InChI=1S/C22H23ClN5O/c23-12-7-13-27-17-28(14-18-8-3-1-4-9-18)22-20(27)21(24-16-25-22)26-29-15-19-10-5-2-6-11-19/h1-6,8-11,16-17H,7,12-15H2,(H,24,25,26)/q+1. The van der Waals surface area contributed by atoms with Crippen LogP contribution in [0.2, 0.25) is 0 Å². The predicted molar refractivity (Wildman–Crippen MR) is 113 cm³/mol. The molecule has 0 saturated heterocycles. The van der Waals surface area contributed by atoms with Gasteiger partial charge in [-0.2, -0.15) is 4.98 Å². The number of aryl methyl sites for hydroxylation is 1. The van der Waals surface area contributed by atoms with Crippen LogP contribution in [-0.2, 0) is 24.5 Å². The number of imidazole rings is 1. The third-order valence-corrected chi connectivity index (χ3v) is 4.89. The molecule has 2 aromatic carbocycles. The molecule has 0 fully saturated rings. The van der Waals surface area contributed by atoms with Crippen molar-refractivity contribution in [2.75, 3.05) is 11.4 Å². The minimum Gasteiger partial charge on any atom is -0.270 e. The molecule has 0 saturated carbocycles. The lowest BCUT2D eigenvalue weighted by molar-refractivity contribution is -0.665. The zero-order valence-corrected chi connectivity index (χ0v) is 16.8. The van der Waals surface area contributed by atoms with Gasteiger partial charge in [-0.15, -0.1) is 11.6 Å². The van der Waals surface area contributed by atoms with Crippen LogP contribution >= 0.6 is 11.6 Å². The van der Waals surface area contributed by atoms with E-state index in [9.17, 15) is 0 Å². The van der Waals surface area contributed by atoms with Crippen LogP contribution in [0.5, 0.6) is 0 Å². The van der Waals surface area contributed by atoms with Crippen LogP contribution in [-0.4, -0.2) is 20.4 Å². The summed E-state index contributed by atoms with van der Waals surface area (Å²) in [5, 5.41) is 0. The first-order valence-electron chi connectivity index (χ1n) is 9.60. The maximum atomic E-state index is 5.94. The second-order valence-electron chi connectivity index (χ2n) is 6.74. The molecule has 0 atom stereocenters. The number of halogens is 1. The van der Waals surface area contributed by atoms with Crippen LogP contribution in [0.3, 0.4) is 0 Å². The fourth-order valence-electron chi connectivity index (χ4n) is 3.26. The first-order chi connectivity index (χ1) is 14.3. The van der Waals surface area contributed by atoms with E-state index in [2.05, 4.69) is 43.0 Å². The molecule has 148 valence electrons. The molecule has 7 heteroatoms. The summed E-state index contributed by atoms with van der Waals surface area (Å²) in [7, 11) is 0. The third-order valence-electron chi connectivity index (χ3n) is 4.62. The second kappa shape index (κ2) is 9.49. The largest absolute Gasteiger partial charge is 0.307 e. The summed E-state index contributed by atoms with van der Waals surface area (Å²) < 4.78 is 4.26. The van der Waals surface area contributed by atoms with Gasteiger partial charge in [0.25, 0.3) is 0 Å². The minimum absolute atomic E-state index is 0.443. The van der Waals surface area contributed by atoms with E-state index < -0.39 is 0 Å². The van der Waals surface area contributed by atoms with Crippen molar-refractivity contribution in [3.05, 3.63) is 84.4 Å². The van der Waals surface area contributed by atoms with Crippen molar-refractivity contribution in [3.63, 3.8) is 0 Å². The molecule has 2 aromatic heterocycles. The SMILES string of the molecule is ClCCCn1c[n+](Cc2ccccc2)c2ncnc(NOCc3ccccc3)c21. The van der Waals surface area contributed by atoms with Gasteiger partial charge in [-0.3, -0.25) is 9.40 Å². The highest BCUT2D eigenvalue weighted by molar-refractivity contribution is 6.17. The van der Waals surface area contributed by atoms with E-state index >= 15 is 0 Å². The summed E-state index contributed by atoms with van der Waals surface area (Å²) in [5.41, 5.74) is 7.06. The van der Waals surface area contributed by atoms with Gasteiger partial charge in [0.15, 0.2) is 18.5 Å². The minimum atomic E-state index is 0.443. The highest BCUT2D eigenvalue weighted by Gasteiger charge is 2.21. The topological polar surface area (TPSA) is 55.9 Å². The quantitative estimate of drug-likeness (QED) is 0.259. The number of aromatic nitrogens is 4. The summed E-state index contributed by atoms with van der Waals surface area (Å²) in [6, 6.07) is 20.3. The fourth-order valence-corrected chi connectivity index (χ4v) is 3.38. The highest BCUT2D eigenvalue weighted by atomic mass is 35.5. The van der Waals surface area contributed by atoms with Crippen molar-refractivity contribution < 1.29 is 9.40 Å². The molecule has 0 aliphatic heterocycles. The molecule has 4 aromatic rings. The van der Waals surface area contributed by atoms with Crippen LogP contribution < -0.4 is 10.0 Å². The first kappa shape index (κ1) is 19.4. The van der Waals surface area contributed by atoms with Crippen molar-refractivity contribution in [2.24, 2.45) is 0 Å². The molecule has 0 radical (unpaired) electrons. The van der Waals surface area contributed by atoms with E-state index in [4.69, 9.17) is 16.4 Å². The maximum Gasteiger partial charge on any atom is 0.307 e. The Morgan fingerprint density at radius 1 is 0.966 bits per heavy atom. The Balaban J connectivity index is 1.61. The number of hydrogen-bond donors (Lipinski definition) is 1. The number of nitrogens with zero attached hydrogens (tertiary/aromatic N) is 4. The average Bonchev–Trinajstić information content (AvgIpc) is 3.12. The summed E-state index contributed by atoms with van der Waals surface area (Å²) in [4.78, 5) is 14.7. The number of rotatable bonds is 9. The van der Waals surface area contributed by atoms with Gasteiger partial charge in [0.2, 0.25) is 5.52 Å². The van der Waals surface area contributed by atoms with Gasteiger partial charge >= 0.3 is 5.65 Å². The lowest BCUT2D eigenvalue weighted by atomic mass is 10.2. The number of alkyl halides is 1. The summed E-state index contributed by atoms with van der Waals surface area (Å²) >= 11 is 5.94. The first-order valence-corrected chi connectivity index (χ1v) is 10.1. The van der Waals surface area contributed by atoms with Crippen molar-refractivity contribution in [1.29, 1.82) is 0 Å². The predicted octanol–water partition coefficient (Wildman–Crippen LogP) is 3.94. The fraction of sp³-hybridized carbons (Fsp3) is 0.227. The Hall–Kier alpha value is -2.96. The lowest BCUT2D eigenvalue weighted by Crippen LogP contribution is -2.33. The van der Waals surface area contributed by atoms with E-state index in [1.54, 1.807) is 6.33 Å². The van der Waals surface area contributed by atoms with Crippen LogP contribution in [0.4, 0.5) is 5.82 Å². The molecular weight excluding hydrogens is 386 g/mol. The van der Waals surface area contributed by atoms with Gasteiger partial charge in [-0.1, -0.05) is 65.6 Å². The Morgan fingerprint density at radius 3 is 2.41 bits per heavy atom. The van der Waals surface area contributed by atoms with Crippen molar-refractivity contribution in [2.45, 2.75) is 26.1 Å². The van der Waals surface area contributed by atoms with E-state index in [0.717, 1.165) is 36.2 Å². The Morgan fingerprint density at radius 2 is 1.69 bits per heavy atom. The van der Waals surface area contributed by atoms with E-state index in [-0.39, 0.29) is 0 Å². The molecule has 29 heavy (non-hydrogen) atoms. The zero-order valence-electron chi connectivity index (χ0n) is 16.0. The van der Waals surface area contributed by atoms with E-state index in [0.29, 0.717) is 18.3 Å². The number of fused-ring (bicyclic) bond motifs is 1. The Bertz CT molecular complexity index is 1050. The number of benzene rings is 2. The smallest absolute Gasteiger partial charge is 0.270 e. The van der Waals surface area contributed by atoms with Crippen molar-refractivity contribution in [3.8, 4) is 0 Å². The highest BCUT2D eigenvalue weighted by Crippen LogP contribution is 2.19. The van der Waals surface area contributed by atoms with Crippen LogP contribution in [0.15, 0.2) is 73.3 Å². The van der Waals surface area contributed by atoms with Gasteiger partial charge in [0, 0.05) is 5.88 Å². The van der Waals surface area contributed by atoms with Gasteiger partial charge in [0.1, 0.15) is 0 Å². The van der Waals surface area contributed by atoms with Gasteiger partial charge in [-0.05, 0) is 17.5 Å². The molecular formula is C22H23ClN5O+. The molecule has 0 unspecified atom stereocenters. The second-order valence-corrected chi connectivity index (χ2v) is 7.11. The molecule has 1 N–H and O–H groups in total. The molecule has 0 amide bonds. The summed E-state index contributed by atoms with van der Waals surface area (Å²) in [6.45, 7) is 1.95. The van der Waals surface area contributed by atoms with Gasteiger partial charge in [0.05, 0.1) is 19.7 Å². The maximum absolute atomic E-state index is 5.94. The van der Waals surface area contributed by atoms with Crippen molar-refractivity contribution >= 4 is 28.6 Å². The van der Waals surface area contributed by atoms with Gasteiger partial charge in [-0.25, -0.2) is 10.0 Å². The monoisotopic (exact) mass is 408 g/mol. The summed E-state index contributed by atoms with van der Waals surface area (Å²) in [5.74, 6) is 1.24. The Kier molecular flexibility index (Phi) is 6.34. The van der Waals surface area contributed by atoms with Gasteiger partial charge < -0.3 is 0 Å². The molecule has 6 nitrogen and oxygen atoms in total. The van der Waals surface area contributed by atoms with E-state index in [1.807, 2.05) is 48.5 Å². The van der Waals surface area contributed by atoms with Crippen molar-refractivity contribution in [1.82, 2.24) is 14.5 Å². The number of anilines is 1. The molecule has 0 spiro atoms. The normalized spacial score (nSPS) is 11.1. The molecule has 4 rings (SSSR count). The van der Waals surface area contributed by atoms with Crippen LogP contribution in [0.25, 0.3) is 11.2 Å². The number of nitrogens with one attached hydrogen (secondary N) is 1. The zero-order chi connectivity index (χ0) is 19.9. The molecule has 0 bridgehead atoms. The lowest BCUT2D eigenvalue weighted by Gasteiger charge is -2.06. The van der Waals surface area contributed by atoms with Crippen LogP contribution in [0, 0.1) is 0 Å². The third kappa shape index (κ3) is 4.72. The number of hydrogen-bond acceptors (Lipinski definition) is 4. The Labute approximate surface area is 174 Å². The molecule has 0 aliphatic carbocycles. The summed E-state index contributed by atoms with van der Waals surface area (Å²) in [6.07, 6.45) is 4.49. The molecule has 2 heterocycles. The van der Waals surface area contributed by atoms with Crippen LogP contribution in [0.1, 0.15) is 17.5 Å².